The van der Waals surface area contributed by atoms with Gasteiger partial charge >= 0.3 is 0 Å². The van der Waals surface area contributed by atoms with Crippen LogP contribution in [0, 0.1) is 18.3 Å². The molecule has 0 spiro atoms. The molecule has 0 saturated carbocycles. The maximum Gasteiger partial charge on any atom is 0.229 e. The van der Waals surface area contributed by atoms with Gasteiger partial charge in [0, 0.05) is 22.9 Å². The fourth-order valence-corrected chi connectivity index (χ4v) is 5.25. The average molecular weight is 408 g/mol. The van der Waals surface area contributed by atoms with Crippen LogP contribution in [0.4, 0.5) is 5.69 Å². The standard InChI is InChI=1S/C22H21N3OS2/c1-15-4-3-5-17(10-15)24-13-25-21(26)11-19(20(12-23)22(25)28-14-24)16-6-8-18(27-2)9-7-16/h3-10,19H,11,13-14H2,1-2H3/t19-/m1/s1. The van der Waals surface area contributed by atoms with Crippen LogP contribution < -0.4 is 4.90 Å². The number of rotatable bonds is 3. The highest BCUT2D eigenvalue weighted by molar-refractivity contribution is 8.03. The van der Waals surface area contributed by atoms with Crippen molar-refractivity contribution in [1.82, 2.24) is 4.90 Å². The van der Waals surface area contributed by atoms with E-state index in [2.05, 4.69) is 48.2 Å². The minimum Gasteiger partial charge on any atom is -0.344 e. The maximum absolute atomic E-state index is 13.0. The molecule has 2 aliphatic heterocycles. The van der Waals surface area contributed by atoms with Crippen molar-refractivity contribution >= 4 is 35.1 Å². The number of fused-ring (bicyclic) bond motifs is 1. The topological polar surface area (TPSA) is 47.3 Å². The first-order valence-corrected chi connectivity index (χ1v) is 11.3. The van der Waals surface area contributed by atoms with E-state index >= 15 is 0 Å². The van der Waals surface area contributed by atoms with E-state index in [1.165, 1.54) is 10.5 Å². The van der Waals surface area contributed by atoms with Crippen molar-refractivity contribution in [2.75, 3.05) is 23.7 Å². The van der Waals surface area contributed by atoms with Gasteiger partial charge in [-0.15, -0.1) is 11.8 Å². The summed E-state index contributed by atoms with van der Waals surface area (Å²) in [6, 6.07) is 18.9. The van der Waals surface area contributed by atoms with Crippen LogP contribution in [0.25, 0.3) is 0 Å². The number of hydrogen-bond donors (Lipinski definition) is 0. The number of nitriles is 1. The van der Waals surface area contributed by atoms with Gasteiger partial charge in [0.25, 0.3) is 0 Å². The van der Waals surface area contributed by atoms with Crippen molar-refractivity contribution in [3.05, 3.63) is 70.3 Å². The fourth-order valence-electron chi connectivity index (χ4n) is 3.67. The first-order chi connectivity index (χ1) is 13.6. The Bertz CT molecular complexity index is 978. The van der Waals surface area contributed by atoms with E-state index in [0.717, 1.165) is 22.2 Å². The van der Waals surface area contributed by atoms with Crippen LogP contribution in [0.5, 0.6) is 0 Å². The molecule has 0 N–H and O–H groups in total. The zero-order valence-electron chi connectivity index (χ0n) is 15.9. The highest BCUT2D eigenvalue weighted by Gasteiger charge is 2.38. The largest absolute Gasteiger partial charge is 0.344 e. The molecule has 1 fully saturated rings. The Balaban J connectivity index is 1.65. The van der Waals surface area contributed by atoms with Crippen LogP contribution in [-0.2, 0) is 4.79 Å². The van der Waals surface area contributed by atoms with Crippen molar-refractivity contribution < 1.29 is 4.79 Å². The fraction of sp³-hybridized carbons (Fsp3) is 0.273. The lowest BCUT2D eigenvalue weighted by atomic mass is 9.86. The summed E-state index contributed by atoms with van der Waals surface area (Å²) in [5.74, 6) is 0.654. The van der Waals surface area contributed by atoms with E-state index in [0.29, 0.717) is 18.7 Å². The number of aryl methyl sites for hydroxylation is 1. The van der Waals surface area contributed by atoms with E-state index < -0.39 is 0 Å². The molecule has 4 rings (SSSR count). The van der Waals surface area contributed by atoms with Crippen LogP contribution in [0.3, 0.4) is 0 Å². The van der Waals surface area contributed by atoms with Gasteiger partial charge in [0.05, 0.1) is 29.2 Å². The Labute approximate surface area is 174 Å². The molecule has 2 heterocycles. The van der Waals surface area contributed by atoms with Gasteiger partial charge in [-0.3, -0.25) is 9.69 Å². The van der Waals surface area contributed by atoms with E-state index in [1.807, 2.05) is 24.5 Å². The second kappa shape index (κ2) is 7.94. The number of benzene rings is 2. The quantitative estimate of drug-likeness (QED) is 0.675. The maximum atomic E-state index is 13.0. The number of anilines is 1. The van der Waals surface area contributed by atoms with Crippen molar-refractivity contribution in [3.63, 3.8) is 0 Å². The normalized spacial score (nSPS) is 19.5. The van der Waals surface area contributed by atoms with Crippen LogP contribution in [-0.4, -0.2) is 29.6 Å². The predicted molar refractivity (Wildman–Crippen MR) is 116 cm³/mol. The second-order valence-corrected chi connectivity index (χ2v) is 8.79. The molecule has 0 aromatic heterocycles. The number of carbonyl (C=O) groups excluding carboxylic acids is 1. The second-order valence-electron chi connectivity index (χ2n) is 6.98. The summed E-state index contributed by atoms with van der Waals surface area (Å²) in [6.07, 6.45) is 2.38. The van der Waals surface area contributed by atoms with E-state index in [-0.39, 0.29) is 11.8 Å². The van der Waals surface area contributed by atoms with Crippen molar-refractivity contribution in [3.8, 4) is 6.07 Å². The van der Waals surface area contributed by atoms with E-state index in [9.17, 15) is 10.1 Å². The summed E-state index contributed by atoms with van der Waals surface area (Å²) >= 11 is 3.27. The molecular weight excluding hydrogens is 386 g/mol. The lowest BCUT2D eigenvalue weighted by Crippen LogP contribution is -2.47. The first kappa shape index (κ1) is 19.0. The van der Waals surface area contributed by atoms with Gasteiger partial charge in [-0.25, -0.2) is 0 Å². The zero-order chi connectivity index (χ0) is 19.7. The Morgan fingerprint density at radius 2 is 2.00 bits per heavy atom. The molecule has 2 aromatic rings. The van der Waals surface area contributed by atoms with Crippen molar-refractivity contribution in [2.45, 2.75) is 24.2 Å². The Morgan fingerprint density at radius 1 is 1.21 bits per heavy atom. The lowest BCUT2D eigenvalue weighted by Gasteiger charge is -2.42. The molecule has 142 valence electrons. The number of amides is 1. The lowest BCUT2D eigenvalue weighted by molar-refractivity contribution is -0.129. The number of hydrogen-bond acceptors (Lipinski definition) is 5. The van der Waals surface area contributed by atoms with Gasteiger partial charge in [0.2, 0.25) is 5.91 Å². The predicted octanol–water partition coefficient (Wildman–Crippen LogP) is 4.94. The summed E-state index contributed by atoms with van der Waals surface area (Å²) in [4.78, 5) is 18.1. The minimum atomic E-state index is -0.155. The summed E-state index contributed by atoms with van der Waals surface area (Å²) in [5.41, 5.74) is 4.05. The van der Waals surface area contributed by atoms with Gasteiger partial charge in [0.15, 0.2) is 0 Å². The number of nitrogens with zero attached hydrogens (tertiary/aromatic N) is 3. The van der Waals surface area contributed by atoms with Crippen molar-refractivity contribution in [2.24, 2.45) is 0 Å². The molecule has 1 atom stereocenters. The van der Waals surface area contributed by atoms with Gasteiger partial charge < -0.3 is 4.90 Å². The third kappa shape index (κ3) is 3.52. The molecule has 4 nitrogen and oxygen atoms in total. The monoisotopic (exact) mass is 407 g/mol. The first-order valence-electron chi connectivity index (χ1n) is 9.13. The molecule has 1 amide bonds. The Kier molecular flexibility index (Phi) is 5.38. The molecule has 0 unspecified atom stereocenters. The molecule has 0 bridgehead atoms. The Morgan fingerprint density at radius 3 is 2.68 bits per heavy atom. The van der Waals surface area contributed by atoms with Crippen molar-refractivity contribution in [1.29, 1.82) is 5.26 Å². The highest BCUT2D eigenvalue weighted by atomic mass is 32.2. The molecule has 2 aliphatic rings. The molecule has 28 heavy (non-hydrogen) atoms. The third-order valence-electron chi connectivity index (χ3n) is 5.18. The van der Waals surface area contributed by atoms with Crippen LogP contribution in [0.1, 0.15) is 23.5 Å². The molecule has 2 aromatic carbocycles. The summed E-state index contributed by atoms with van der Waals surface area (Å²) in [7, 11) is 0. The average Bonchev–Trinajstić information content (AvgIpc) is 2.73. The van der Waals surface area contributed by atoms with Crippen LogP contribution in [0.15, 0.2) is 64.0 Å². The van der Waals surface area contributed by atoms with Gasteiger partial charge in [0.1, 0.15) is 0 Å². The highest BCUT2D eigenvalue weighted by Crippen LogP contribution is 2.43. The smallest absolute Gasteiger partial charge is 0.229 e. The third-order valence-corrected chi connectivity index (χ3v) is 7.08. The summed E-state index contributed by atoms with van der Waals surface area (Å²) in [5, 5.41) is 10.7. The number of carbonyl (C=O) groups is 1. The van der Waals surface area contributed by atoms with Gasteiger partial charge in [-0.2, -0.15) is 5.26 Å². The number of thioether (sulfide) groups is 2. The molecular formula is C22H21N3OS2. The minimum absolute atomic E-state index is 0.0813. The molecule has 1 saturated heterocycles. The van der Waals surface area contributed by atoms with Gasteiger partial charge in [-0.05, 0) is 48.6 Å². The summed E-state index contributed by atoms with van der Waals surface area (Å²) in [6.45, 7) is 2.56. The molecule has 0 aliphatic carbocycles. The van der Waals surface area contributed by atoms with Crippen LogP contribution >= 0.6 is 23.5 Å². The number of allylic oxidation sites excluding steroid dienone is 1. The molecule has 6 heteroatoms. The van der Waals surface area contributed by atoms with E-state index in [1.54, 1.807) is 28.4 Å². The zero-order valence-corrected chi connectivity index (χ0v) is 17.5. The Hall–Kier alpha value is -2.36. The van der Waals surface area contributed by atoms with E-state index in [4.69, 9.17) is 0 Å². The molecule has 0 radical (unpaired) electrons. The summed E-state index contributed by atoms with van der Waals surface area (Å²) < 4.78 is 0. The SMILES string of the molecule is CSc1ccc([C@H]2CC(=O)N3CN(c4cccc(C)c4)CSC3=C2C#N)cc1. The van der Waals surface area contributed by atoms with Crippen LogP contribution in [0.2, 0.25) is 0 Å². The van der Waals surface area contributed by atoms with Gasteiger partial charge in [-0.1, -0.05) is 36.0 Å².